The second-order valence-corrected chi connectivity index (χ2v) is 6.30. The van der Waals surface area contributed by atoms with Crippen LogP contribution in [0.2, 0.25) is 5.02 Å². The molecule has 1 aromatic carbocycles. The van der Waals surface area contributed by atoms with E-state index in [-0.39, 0.29) is 5.02 Å². The lowest BCUT2D eigenvalue weighted by Crippen LogP contribution is -2.38. The Bertz CT molecular complexity index is 516. The molecule has 0 spiro atoms. The van der Waals surface area contributed by atoms with Crippen molar-refractivity contribution < 1.29 is 22.6 Å². The highest BCUT2D eigenvalue weighted by Crippen LogP contribution is 2.38. The zero-order valence-corrected chi connectivity index (χ0v) is 15.8. The van der Waals surface area contributed by atoms with Gasteiger partial charge in [-0.15, -0.1) is 0 Å². The first-order valence-electron chi connectivity index (χ1n) is 8.59. The van der Waals surface area contributed by atoms with Crippen molar-refractivity contribution in [3.63, 3.8) is 0 Å². The summed E-state index contributed by atoms with van der Waals surface area (Å²) in [5.74, 6) is 0.390. The van der Waals surface area contributed by atoms with E-state index in [1.807, 2.05) is 0 Å². The molecule has 0 bridgehead atoms. The van der Waals surface area contributed by atoms with Crippen LogP contribution in [0.25, 0.3) is 0 Å². The summed E-state index contributed by atoms with van der Waals surface area (Å²) in [5.41, 5.74) is -0.407. The molecule has 0 atom stereocenters. The standard InChI is InChI=1S/C14H17ClF3NO2.C4H10/c1-10-8-11(14(16,17)18)12(15)9-13(10)21-7-4-19-2-5-20-6-3-19;1-3-4-2/h8-9H,2-7H2,1H3;3-4H2,1-2H3. The number of ether oxygens (including phenoxy) is 2. The van der Waals surface area contributed by atoms with Crippen molar-refractivity contribution in [3.8, 4) is 5.75 Å². The predicted molar refractivity (Wildman–Crippen MR) is 94.5 cm³/mol. The number of hydrogen-bond donors (Lipinski definition) is 0. The first kappa shape index (κ1) is 22.1. The molecule has 0 radical (unpaired) electrons. The Morgan fingerprint density at radius 3 is 2.28 bits per heavy atom. The molecule has 1 aromatic rings. The number of hydrogen-bond acceptors (Lipinski definition) is 3. The van der Waals surface area contributed by atoms with Crippen LogP contribution < -0.4 is 4.74 Å². The van der Waals surface area contributed by atoms with E-state index < -0.39 is 11.7 Å². The van der Waals surface area contributed by atoms with Crippen LogP contribution >= 0.6 is 11.6 Å². The van der Waals surface area contributed by atoms with Crippen LogP contribution in [0.1, 0.15) is 37.8 Å². The van der Waals surface area contributed by atoms with Gasteiger partial charge < -0.3 is 9.47 Å². The summed E-state index contributed by atoms with van der Waals surface area (Å²) in [7, 11) is 0. The molecule has 1 fully saturated rings. The first-order chi connectivity index (χ1) is 11.8. The van der Waals surface area contributed by atoms with Gasteiger partial charge in [-0.25, -0.2) is 0 Å². The quantitative estimate of drug-likeness (QED) is 0.701. The van der Waals surface area contributed by atoms with Crippen molar-refractivity contribution in [1.82, 2.24) is 4.90 Å². The molecule has 0 amide bonds. The zero-order valence-electron chi connectivity index (χ0n) is 15.1. The van der Waals surface area contributed by atoms with Crippen LogP contribution in [0, 0.1) is 6.92 Å². The number of nitrogens with zero attached hydrogens (tertiary/aromatic N) is 1. The van der Waals surface area contributed by atoms with Crippen LogP contribution in [0.15, 0.2) is 12.1 Å². The Hall–Kier alpha value is -0.980. The van der Waals surface area contributed by atoms with E-state index in [9.17, 15) is 13.2 Å². The minimum Gasteiger partial charge on any atom is -0.492 e. The third-order valence-corrected chi connectivity index (χ3v) is 4.15. The molecule has 1 heterocycles. The maximum Gasteiger partial charge on any atom is 0.417 e. The molecular formula is C18H27ClF3NO2. The van der Waals surface area contributed by atoms with Crippen molar-refractivity contribution in [2.24, 2.45) is 0 Å². The molecule has 2 rings (SSSR count). The number of halogens is 4. The lowest BCUT2D eigenvalue weighted by Gasteiger charge is -2.26. The zero-order chi connectivity index (χ0) is 18.9. The highest BCUT2D eigenvalue weighted by molar-refractivity contribution is 6.31. The Labute approximate surface area is 153 Å². The third kappa shape index (κ3) is 7.84. The fourth-order valence-electron chi connectivity index (χ4n) is 2.15. The van der Waals surface area contributed by atoms with Crippen molar-refractivity contribution in [3.05, 3.63) is 28.3 Å². The molecule has 0 saturated carbocycles. The molecular weight excluding hydrogens is 355 g/mol. The average molecular weight is 382 g/mol. The van der Waals surface area contributed by atoms with Crippen LogP contribution in [0.4, 0.5) is 13.2 Å². The third-order valence-electron chi connectivity index (χ3n) is 3.84. The van der Waals surface area contributed by atoms with E-state index in [2.05, 4.69) is 18.7 Å². The molecule has 0 N–H and O–H groups in total. The SMILES string of the molecule is CCCC.Cc1cc(C(F)(F)F)c(Cl)cc1OCCN1CCOCC1. The van der Waals surface area contributed by atoms with Gasteiger partial charge in [0.25, 0.3) is 0 Å². The summed E-state index contributed by atoms with van der Waals surface area (Å²) < 4.78 is 48.9. The van der Waals surface area contributed by atoms with Crippen LogP contribution in [-0.4, -0.2) is 44.4 Å². The van der Waals surface area contributed by atoms with Gasteiger partial charge in [0.2, 0.25) is 0 Å². The summed E-state index contributed by atoms with van der Waals surface area (Å²) in [6.45, 7) is 10.1. The number of alkyl halides is 3. The van der Waals surface area contributed by atoms with Gasteiger partial charge >= 0.3 is 6.18 Å². The molecule has 0 unspecified atom stereocenters. The minimum absolute atomic E-state index is 0.338. The predicted octanol–water partition coefficient (Wildman–Crippen LogP) is 5.18. The maximum absolute atomic E-state index is 12.7. The van der Waals surface area contributed by atoms with Crippen molar-refractivity contribution in [2.45, 2.75) is 39.8 Å². The Balaban J connectivity index is 0.000000705. The fraction of sp³-hybridized carbons (Fsp3) is 0.667. The lowest BCUT2D eigenvalue weighted by molar-refractivity contribution is -0.137. The summed E-state index contributed by atoms with van der Waals surface area (Å²) in [6, 6.07) is 2.26. The number of morpholine rings is 1. The van der Waals surface area contributed by atoms with Gasteiger partial charge in [-0.2, -0.15) is 13.2 Å². The number of unbranched alkanes of at least 4 members (excludes halogenated alkanes) is 1. The van der Waals surface area contributed by atoms with Crippen molar-refractivity contribution in [2.75, 3.05) is 39.5 Å². The number of benzene rings is 1. The van der Waals surface area contributed by atoms with Gasteiger partial charge in [0, 0.05) is 19.6 Å². The summed E-state index contributed by atoms with van der Waals surface area (Å²) in [6.07, 6.45) is -1.81. The van der Waals surface area contributed by atoms with Gasteiger partial charge in [0.15, 0.2) is 0 Å². The molecule has 144 valence electrons. The molecule has 3 nitrogen and oxygen atoms in total. The smallest absolute Gasteiger partial charge is 0.417 e. The monoisotopic (exact) mass is 381 g/mol. The molecule has 1 saturated heterocycles. The van der Waals surface area contributed by atoms with E-state index in [0.29, 0.717) is 37.7 Å². The Morgan fingerprint density at radius 2 is 1.76 bits per heavy atom. The van der Waals surface area contributed by atoms with Crippen LogP contribution in [0.3, 0.4) is 0 Å². The number of rotatable bonds is 5. The molecule has 0 aliphatic carbocycles. The first-order valence-corrected chi connectivity index (χ1v) is 8.97. The summed E-state index contributed by atoms with van der Waals surface area (Å²) in [5, 5.41) is -0.338. The van der Waals surface area contributed by atoms with Crippen molar-refractivity contribution in [1.29, 1.82) is 0 Å². The topological polar surface area (TPSA) is 21.7 Å². The second kappa shape index (κ2) is 10.9. The van der Waals surface area contributed by atoms with E-state index in [1.165, 1.54) is 18.9 Å². The van der Waals surface area contributed by atoms with Gasteiger partial charge in [-0.3, -0.25) is 4.90 Å². The van der Waals surface area contributed by atoms with E-state index in [4.69, 9.17) is 21.1 Å². The highest BCUT2D eigenvalue weighted by atomic mass is 35.5. The molecule has 7 heteroatoms. The second-order valence-electron chi connectivity index (χ2n) is 5.90. The molecule has 1 aliphatic heterocycles. The largest absolute Gasteiger partial charge is 0.492 e. The molecule has 25 heavy (non-hydrogen) atoms. The highest BCUT2D eigenvalue weighted by Gasteiger charge is 2.33. The minimum atomic E-state index is -4.45. The van der Waals surface area contributed by atoms with E-state index in [0.717, 1.165) is 19.2 Å². The Kier molecular flexibility index (Phi) is 9.61. The molecule has 1 aliphatic rings. The van der Waals surface area contributed by atoms with Gasteiger partial charge in [-0.1, -0.05) is 38.3 Å². The summed E-state index contributed by atoms with van der Waals surface area (Å²) in [4.78, 5) is 2.19. The summed E-state index contributed by atoms with van der Waals surface area (Å²) >= 11 is 5.69. The van der Waals surface area contributed by atoms with Gasteiger partial charge in [0.05, 0.1) is 23.8 Å². The van der Waals surface area contributed by atoms with Crippen LogP contribution in [-0.2, 0) is 10.9 Å². The average Bonchev–Trinajstić information content (AvgIpc) is 2.58. The van der Waals surface area contributed by atoms with Gasteiger partial charge in [0.1, 0.15) is 12.4 Å². The van der Waals surface area contributed by atoms with Crippen LogP contribution in [0.5, 0.6) is 5.75 Å². The van der Waals surface area contributed by atoms with Gasteiger partial charge in [-0.05, 0) is 24.6 Å². The Morgan fingerprint density at radius 1 is 1.16 bits per heavy atom. The van der Waals surface area contributed by atoms with Crippen molar-refractivity contribution >= 4 is 11.6 Å². The normalized spacial score (nSPS) is 15.5. The maximum atomic E-state index is 12.7. The van der Waals surface area contributed by atoms with E-state index >= 15 is 0 Å². The lowest BCUT2D eigenvalue weighted by atomic mass is 10.1. The fourth-order valence-corrected chi connectivity index (χ4v) is 2.41. The van der Waals surface area contributed by atoms with E-state index in [1.54, 1.807) is 6.92 Å². The number of aryl methyl sites for hydroxylation is 1. The molecule has 0 aromatic heterocycles.